The maximum Gasteiger partial charge on any atom is 0.328 e. The van der Waals surface area contributed by atoms with E-state index < -0.39 is 5.97 Å². The lowest BCUT2D eigenvalue weighted by atomic mass is 9.97. The van der Waals surface area contributed by atoms with Crippen LogP contribution in [-0.4, -0.2) is 17.6 Å². The first-order valence-electron chi connectivity index (χ1n) is 6.00. The normalized spacial score (nSPS) is 20.6. The summed E-state index contributed by atoms with van der Waals surface area (Å²) in [6.07, 6.45) is 6.49. The first kappa shape index (κ1) is 11.9. The topological polar surface area (TPSA) is 49.3 Å². The third-order valence-corrected chi connectivity index (χ3v) is 3.07. The van der Waals surface area contributed by atoms with Crippen LogP contribution in [-0.2, 0) is 4.79 Å². The summed E-state index contributed by atoms with van der Waals surface area (Å²) < 4.78 is 0. The molecule has 1 atom stereocenters. The zero-order chi connectivity index (χ0) is 12.1. The van der Waals surface area contributed by atoms with Gasteiger partial charge in [-0.05, 0) is 36.6 Å². The van der Waals surface area contributed by atoms with Crippen molar-refractivity contribution in [2.75, 3.05) is 6.54 Å². The Labute approximate surface area is 101 Å². The number of nitrogens with one attached hydrogen (secondary N) is 1. The first-order valence-corrected chi connectivity index (χ1v) is 6.00. The Morgan fingerprint density at radius 2 is 2.06 bits per heavy atom. The number of piperidine rings is 1. The summed E-state index contributed by atoms with van der Waals surface area (Å²) >= 11 is 0. The molecule has 0 saturated carbocycles. The molecule has 0 aromatic heterocycles. The van der Waals surface area contributed by atoms with Crippen LogP contribution in [0.5, 0.6) is 0 Å². The molecule has 0 spiro atoms. The predicted molar refractivity (Wildman–Crippen MR) is 67.7 cm³/mol. The van der Waals surface area contributed by atoms with Gasteiger partial charge in [-0.2, -0.15) is 0 Å². The fourth-order valence-corrected chi connectivity index (χ4v) is 2.14. The molecule has 1 fully saturated rings. The van der Waals surface area contributed by atoms with Crippen molar-refractivity contribution >= 4 is 12.0 Å². The molecular formula is C14H17NO2. The second kappa shape index (κ2) is 5.64. The number of aliphatic carboxylic acids is 1. The lowest BCUT2D eigenvalue weighted by Crippen LogP contribution is -2.26. The van der Waals surface area contributed by atoms with E-state index >= 15 is 0 Å². The van der Waals surface area contributed by atoms with Crippen LogP contribution < -0.4 is 5.32 Å². The molecule has 1 unspecified atom stereocenters. The molecule has 0 amide bonds. The highest BCUT2D eigenvalue weighted by molar-refractivity contribution is 5.85. The molecule has 3 heteroatoms. The van der Waals surface area contributed by atoms with E-state index in [-0.39, 0.29) is 0 Å². The van der Waals surface area contributed by atoms with Gasteiger partial charge in [0, 0.05) is 12.1 Å². The molecule has 1 saturated heterocycles. The predicted octanol–water partition coefficient (Wildman–Crippen LogP) is 2.60. The number of rotatable bonds is 3. The number of carboxylic acids is 1. The number of carbonyl (C=O) groups is 1. The summed E-state index contributed by atoms with van der Waals surface area (Å²) in [7, 11) is 0. The standard InChI is InChI=1S/C14H17NO2/c16-14(17)9-6-11-4-7-12(8-5-11)13-3-1-2-10-15-13/h4-9,13,15H,1-3,10H2,(H,16,17)/b9-6+. The van der Waals surface area contributed by atoms with Crippen LogP contribution in [0.3, 0.4) is 0 Å². The summed E-state index contributed by atoms with van der Waals surface area (Å²) in [6, 6.07) is 8.53. The molecule has 2 N–H and O–H groups in total. The average Bonchev–Trinajstić information content (AvgIpc) is 2.38. The van der Waals surface area contributed by atoms with E-state index in [1.807, 2.05) is 12.1 Å². The molecule has 0 radical (unpaired) electrons. The third kappa shape index (κ3) is 3.43. The largest absolute Gasteiger partial charge is 0.478 e. The fraction of sp³-hybridized carbons (Fsp3) is 0.357. The molecule has 1 aromatic carbocycles. The zero-order valence-electron chi connectivity index (χ0n) is 9.73. The van der Waals surface area contributed by atoms with Crippen molar-refractivity contribution in [2.45, 2.75) is 25.3 Å². The van der Waals surface area contributed by atoms with Crippen molar-refractivity contribution in [2.24, 2.45) is 0 Å². The smallest absolute Gasteiger partial charge is 0.328 e. The van der Waals surface area contributed by atoms with E-state index in [0.29, 0.717) is 6.04 Å². The minimum absolute atomic E-state index is 0.459. The fourth-order valence-electron chi connectivity index (χ4n) is 2.14. The van der Waals surface area contributed by atoms with Crippen molar-refractivity contribution < 1.29 is 9.90 Å². The van der Waals surface area contributed by atoms with E-state index in [1.165, 1.54) is 24.8 Å². The van der Waals surface area contributed by atoms with Crippen molar-refractivity contribution in [3.63, 3.8) is 0 Å². The number of benzene rings is 1. The summed E-state index contributed by atoms with van der Waals surface area (Å²) in [5.74, 6) is -0.914. The van der Waals surface area contributed by atoms with Gasteiger partial charge in [0.15, 0.2) is 0 Å². The van der Waals surface area contributed by atoms with Gasteiger partial charge in [0.2, 0.25) is 0 Å². The van der Waals surface area contributed by atoms with Gasteiger partial charge in [0.25, 0.3) is 0 Å². The van der Waals surface area contributed by atoms with Gasteiger partial charge in [-0.15, -0.1) is 0 Å². The first-order chi connectivity index (χ1) is 8.25. The Hall–Kier alpha value is -1.61. The second-order valence-electron chi connectivity index (χ2n) is 4.34. The van der Waals surface area contributed by atoms with Gasteiger partial charge in [-0.1, -0.05) is 30.7 Å². The van der Waals surface area contributed by atoms with Crippen LogP contribution in [0.25, 0.3) is 6.08 Å². The highest BCUT2D eigenvalue weighted by atomic mass is 16.4. The van der Waals surface area contributed by atoms with Gasteiger partial charge >= 0.3 is 5.97 Å². The molecule has 3 nitrogen and oxygen atoms in total. The minimum atomic E-state index is -0.914. The molecule has 0 aliphatic carbocycles. The van der Waals surface area contributed by atoms with Crippen LogP contribution in [0.4, 0.5) is 0 Å². The molecule has 1 aliphatic heterocycles. The Balaban J connectivity index is 2.04. The second-order valence-corrected chi connectivity index (χ2v) is 4.34. The number of carboxylic acid groups (broad SMARTS) is 1. The van der Waals surface area contributed by atoms with E-state index in [1.54, 1.807) is 6.08 Å². The Kier molecular flexibility index (Phi) is 3.94. The van der Waals surface area contributed by atoms with Crippen molar-refractivity contribution in [3.8, 4) is 0 Å². The average molecular weight is 231 g/mol. The lowest BCUT2D eigenvalue weighted by Gasteiger charge is -2.23. The molecule has 1 aliphatic rings. The quantitative estimate of drug-likeness (QED) is 0.786. The molecule has 0 bridgehead atoms. The molecule has 1 aromatic rings. The van der Waals surface area contributed by atoms with Crippen LogP contribution in [0.2, 0.25) is 0 Å². The van der Waals surface area contributed by atoms with E-state index in [9.17, 15) is 4.79 Å². The maximum absolute atomic E-state index is 10.4. The summed E-state index contributed by atoms with van der Waals surface area (Å²) in [5.41, 5.74) is 2.21. The minimum Gasteiger partial charge on any atom is -0.478 e. The molecular weight excluding hydrogens is 214 g/mol. The van der Waals surface area contributed by atoms with E-state index in [0.717, 1.165) is 18.2 Å². The van der Waals surface area contributed by atoms with Crippen molar-refractivity contribution in [3.05, 3.63) is 41.5 Å². The van der Waals surface area contributed by atoms with Gasteiger partial charge in [-0.3, -0.25) is 0 Å². The molecule has 17 heavy (non-hydrogen) atoms. The van der Waals surface area contributed by atoms with Crippen molar-refractivity contribution in [1.29, 1.82) is 0 Å². The molecule has 1 heterocycles. The van der Waals surface area contributed by atoms with Crippen molar-refractivity contribution in [1.82, 2.24) is 5.32 Å². The number of hydrogen-bond donors (Lipinski definition) is 2. The van der Waals surface area contributed by atoms with E-state index in [2.05, 4.69) is 17.4 Å². The third-order valence-electron chi connectivity index (χ3n) is 3.07. The van der Waals surface area contributed by atoms with Crippen LogP contribution in [0.1, 0.15) is 36.4 Å². The summed E-state index contributed by atoms with van der Waals surface area (Å²) in [6.45, 7) is 1.09. The Morgan fingerprint density at radius 3 is 2.65 bits per heavy atom. The van der Waals surface area contributed by atoms with Gasteiger partial charge < -0.3 is 10.4 Å². The van der Waals surface area contributed by atoms with Gasteiger partial charge in [0.05, 0.1) is 0 Å². The summed E-state index contributed by atoms with van der Waals surface area (Å²) in [4.78, 5) is 10.4. The highest BCUT2D eigenvalue weighted by Crippen LogP contribution is 2.23. The lowest BCUT2D eigenvalue weighted by molar-refractivity contribution is -0.131. The maximum atomic E-state index is 10.4. The zero-order valence-corrected chi connectivity index (χ0v) is 9.73. The van der Waals surface area contributed by atoms with Crippen LogP contribution in [0.15, 0.2) is 30.3 Å². The van der Waals surface area contributed by atoms with Crippen LogP contribution in [0, 0.1) is 0 Å². The molecule has 2 rings (SSSR count). The van der Waals surface area contributed by atoms with Gasteiger partial charge in [0.1, 0.15) is 0 Å². The monoisotopic (exact) mass is 231 g/mol. The van der Waals surface area contributed by atoms with Gasteiger partial charge in [-0.25, -0.2) is 4.79 Å². The highest BCUT2D eigenvalue weighted by Gasteiger charge is 2.13. The SMILES string of the molecule is O=C(O)/C=C/c1ccc(C2CCCCN2)cc1. The van der Waals surface area contributed by atoms with Crippen LogP contribution >= 0.6 is 0 Å². The van der Waals surface area contributed by atoms with E-state index in [4.69, 9.17) is 5.11 Å². The number of hydrogen-bond acceptors (Lipinski definition) is 2. The molecule has 90 valence electrons. The summed E-state index contributed by atoms with van der Waals surface area (Å²) in [5, 5.41) is 12.0. The Morgan fingerprint density at radius 1 is 1.29 bits per heavy atom. The Bertz CT molecular complexity index is 403.